The van der Waals surface area contributed by atoms with Gasteiger partial charge < -0.3 is 0 Å². The van der Waals surface area contributed by atoms with Crippen molar-refractivity contribution in [1.82, 2.24) is 0 Å². The van der Waals surface area contributed by atoms with Crippen molar-refractivity contribution >= 4 is 0 Å². The molecule has 4 aliphatic rings. The summed E-state index contributed by atoms with van der Waals surface area (Å²) in [5.41, 5.74) is 0. The zero-order chi connectivity index (χ0) is 11.7. The molecule has 0 aliphatic heterocycles. The molecule has 0 heterocycles. The SMILES string of the molecule is CCCCCCCC1C2CC3CC(C2)CC1C3. The van der Waals surface area contributed by atoms with Gasteiger partial charge in [-0.2, -0.15) is 0 Å². The minimum absolute atomic E-state index is 1.16. The smallest absolute Gasteiger partial charge is 0.0357 e. The quantitative estimate of drug-likeness (QED) is 0.538. The van der Waals surface area contributed by atoms with E-state index in [0.717, 1.165) is 29.6 Å². The van der Waals surface area contributed by atoms with E-state index in [0.29, 0.717) is 0 Å². The summed E-state index contributed by atoms with van der Waals surface area (Å²) < 4.78 is 0. The van der Waals surface area contributed by atoms with Gasteiger partial charge in [0.05, 0.1) is 0 Å². The van der Waals surface area contributed by atoms with Crippen LogP contribution in [0.3, 0.4) is 0 Å². The van der Waals surface area contributed by atoms with Gasteiger partial charge in [-0.25, -0.2) is 0 Å². The van der Waals surface area contributed by atoms with E-state index in [9.17, 15) is 0 Å². The zero-order valence-corrected chi connectivity index (χ0v) is 11.7. The fourth-order valence-corrected chi connectivity index (χ4v) is 5.49. The Morgan fingerprint density at radius 1 is 0.706 bits per heavy atom. The Morgan fingerprint density at radius 3 is 1.88 bits per heavy atom. The fourth-order valence-electron chi connectivity index (χ4n) is 5.49. The molecule has 0 saturated heterocycles. The van der Waals surface area contributed by atoms with Gasteiger partial charge in [0.25, 0.3) is 0 Å². The standard InChI is InChI=1S/C17H30/c1-2-3-4-5-6-7-17-15-9-13-8-14(11-15)12-16(17)10-13/h13-17H,2-12H2,1H3. The summed E-state index contributed by atoms with van der Waals surface area (Å²) in [6.45, 7) is 2.32. The molecule has 0 aromatic rings. The van der Waals surface area contributed by atoms with Crippen molar-refractivity contribution in [2.45, 2.75) is 77.6 Å². The second-order valence-electron chi connectivity index (χ2n) is 7.30. The van der Waals surface area contributed by atoms with E-state index in [2.05, 4.69) is 6.92 Å². The second kappa shape index (κ2) is 5.33. The van der Waals surface area contributed by atoms with Crippen LogP contribution in [0.25, 0.3) is 0 Å². The van der Waals surface area contributed by atoms with Crippen molar-refractivity contribution in [3.8, 4) is 0 Å². The summed E-state index contributed by atoms with van der Waals surface area (Å²) in [6.07, 6.45) is 17.0. The van der Waals surface area contributed by atoms with Crippen LogP contribution in [0.4, 0.5) is 0 Å². The second-order valence-corrected chi connectivity index (χ2v) is 7.30. The summed E-state index contributed by atoms with van der Waals surface area (Å²) in [5, 5.41) is 0. The number of rotatable bonds is 6. The molecule has 4 bridgehead atoms. The molecule has 4 saturated carbocycles. The monoisotopic (exact) mass is 234 g/mol. The van der Waals surface area contributed by atoms with Gasteiger partial charge in [-0.3, -0.25) is 0 Å². The highest BCUT2D eigenvalue weighted by Crippen LogP contribution is 2.57. The van der Waals surface area contributed by atoms with Crippen molar-refractivity contribution in [2.24, 2.45) is 29.6 Å². The zero-order valence-electron chi connectivity index (χ0n) is 11.7. The molecule has 0 heteroatoms. The van der Waals surface area contributed by atoms with Crippen LogP contribution in [0.15, 0.2) is 0 Å². The molecule has 4 rings (SSSR count). The summed E-state index contributed by atoms with van der Waals surface area (Å²) >= 11 is 0. The minimum atomic E-state index is 1.16. The molecule has 0 aromatic carbocycles. The van der Waals surface area contributed by atoms with Crippen molar-refractivity contribution in [3.05, 3.63) is 0 Å². The molecule has 0 nitrogen and oxygen atoms in total. The summed E-state index contributed by atoms with van der Waals surface area (Å²) in [5.74, 6) is 5.81. The molecule has 0 atom stereocenters. The fraction of sp³-hybridized carbons (Fsp3) is 1.00. The molecule has 4 aliphatic carbocycles. The van der Waals surface area contributed by atoms with Gasteiger partial charge in [0, 0.05) is 0 Å². The average molecular weight is 234 g/mol. The Bertz CT molecular complexity index is 214. The summed E-state index contributed by atoms with van der Waals surface area (Å²) in [6, 6.07) is 0. The van der Waals surface area contributed by atoms with Crippen LogP contribution in [-0.4, -0.2) is 0 Å². The predicted molar refractivity (Wildman–Crippen MR) is 73.9 cm³/mol. The molecule has 0 N–H and O–H groups in total. The van der Waals surface area contributed by atoms with Crippen LogP contribution >= 0.6 is 0 Å². The molecule has 0 radical (unpaired) electrons. The molecule has 17 heavy (non-hydrogen) atoms. The van der Waals surface area contributed by atoms with E-state index in [4.69, 9.17) is 0 Å². The van der Waals surface area contributed by atoms with Crippen molar-refractivity contribution in [1.29, 1.82) is 0 Å². The third kappa shape index (κ3) is 2.56. The molecule has 98 valence electrons. The lowest BCUT2D eigenvalue weighted by atomic mass is 9.51. The van der Waals surface area contributed by atoms with E-state index in [1.54, 1.807) is 38.5 Å². The molecule has 0 aromatic heterocycles. The first-order chi connectivity index (χ1) is 8.36. The van der Waals surface area contributed by atoms with Gasteiger partial charge in [0.15, 0.2) is 0 Å². The van der Waals surface area contributed by atoms with Crippen molar-refractivity contribution in [3.63, 3.8) is 0 Å². The minimum Gasteiger partial charge on any atom is -0.0654 e. The van der Waals surface area contributed by atoms with Gasteiger partial charge in [-0.15, -0.1) is 0 Å². The summed E-state index contributed by atoms with van der Waals surface area (Å²) in [7, 11) is 0. The number of unbranched alkanes of at least 4 members (excludes halogenated alkanes) is 4. The lowest BCUT2D eigenvalue weighted by molar-refractivity contribution is -0.0404. The Kier molecular flexibility index (Phi) is 3.78. The van der Waals surface area contributed by atoms with Gasteiger partial charge in [0.2, 0.25) is 0 Å². The lowest BCUT2D eigenvalue weighted by Gasteiger charge is -2.54. The van der Waals surface area contributed by atoms with Crippen molar-refractivity contribution < 1.29 is 0 Å². The van der Waals surface area contributed by atoms with Gasteiger partial charge >= 0.3 is 0 Å². The molecule has 0 spiro atoms. The van der Waals surface area contributed by atoms with Gasteiger partial charge in [-0.1, -0.05) is 39.0 Å². The Balaban J connectivity index is 1.44. The number of hydrogen-bond donors (Lipinski definition) is 0. The van der Waals surface area contributed by atoms with Crippen LogP contribution in [-0.2, 0) is 0 Å². The first-order valence-corrected chi connectivity index (χ1v) is 8.36. The Labute approximate surface area is 108 Å². The van der Waals surface area contributed by atoms with E-state index in [1.165, 1.54) is 32.1 Å². The van der Waals surface area contributed by atoms with Gasteiger partial charge in [-0.05, 0) is 68.1 Å². The molecular weight excluding hydrogens is 204 g/mol. The normalized spacial score (nSPS) is 43.2. The van der Waals surface area contributed by atoms with Crippen LogP contribution < -0.4 is 0 Å². The summed E-state index contributed by atoms with van der Waals surface area (Å²) in [4.78, 5) is 0. The van der Waals surface area contributed by atoms with Crippen LogP contribution in [0.5, 0.6) is 0 Å². The molecular formula is C17H30. The first kappa shape index (κ1) is 12.1. The number of hydrogen-bond acceptors (Lipinski definition) is 0. The van der Waals surface area contributed by atoms with Gasteiger partial charge in [0.1, 0.15) is 0 Å². The Hall–Kier alpha value is 0. The highest BCUT2D eigenvalue weighted by Gasteiger charge is 2.47. The maximum Gasteiger partial charge on any atom is -0.0357 e. The van der Waals surface area contributed by atoms with Crippen LogP contribution in [0.1, 0.15) is 77.6 Å². The highest BCUT2D eigenvalue weighted by molar-refractivity contribution is 4.97. The Morgan fingerprint density at radius 2 is 1.29 bits per heavy atom. The predicted octanol–water partition coefficient (Wildman–Crippen LogP) is 5.42. The molecule has 0 unspecified atom stereocenters. The van der Waals surface area contributed by atoms with Crippen molar-refractivity contribution in [2.75, 3.05) is 0 Å². The molecule has 4 fully saturated rings. The van der Waals surface area contributed by atoms with E-state index >= 15 is 0 Å². The highest BCUT2D eigenvalue weighted by atomic mass is 14.5. The van der Waals surface area contributed by atoms with E-state index in [1.807, 2.05) is 0 Å². The first-order valence-electron chi connectivity index (χ1n) is 8.36. The maximum absolute atomic E-state index is 2.32. The topological polar surface area (TPSA) is 0 Å². The van der Waals surface area contributed by atoms with E-state index in [-0.39, 0.29) is 0 Å². The lowest BCUT2D eigenvalue weighted by Crippen LogP contribution is -2.44. The third-order valence-electron chi connectivity index (χ3n) is 6.06. The maximum atomic E-state index is 2.32. The average Bonchev–Trinajstić information content (AvgIpc) is 2.31. The van der Waals surface area contributed by atoms with Crippen LogP contribution in [0.2, 0.25) is 0 Å². The molecule has 0 amide bonds. The largest absolute Gasteiger partial charge is 0.0654 e. The van der Waals surface area contributed by atoms with Crippen LogP contribution in [0, 0.1) is 29.6 Å². The van der Waals surface area contributed by atoms with E-state index < -0.39 is 0 Å². The third-order valence-corrected chi connectivity index (χ3v) is 6.06.